The Balaban J connectivity index is 1.85. The Labute approximate surface area is 109 Å². The summed E-state index contributed by atoms with van der Waals surface area (Å²) in [6.07, 6.45) is 5.80. The third-order valence-electron chi connectivity index (χ3n) is 3.30. The van der Waals surface area contributed by atoms with Crippen molar-refractivity contribution >= 4 is 6.29 Å². The van der Waals surface area contributed by atoms with Gasteiger partial charge >= 0.3 is 0 Å². The predicted octanol–water partition coefficient (Wildman–Crippen LogP) is 0.485. The maximum atomic E-state index is 10.7. The topological polar surface area (TPSA) is 88.2 Å². The Morgan fingerprint density at radius 3 is 2.95 bits per heavy atom. The summed E-state index contributed by atoms with van der Waals surface area (Å²) in [5, 5.41) is 13.4. The van der Waals surface area contributed by atoms with E-state index < -0.39 is 5.60 Å². The summed E-state index contributed by atoms with van der Waals surface area (Å²) >= 11 is 0. The molecule has 3 heterocycles. The maximum Gasteiger partial charge on any atom is 0.227 e. The van der Waals surface area contributed by atoms with E-state index in [9.17, 15) is 9.90 Å². The van der Waals surface area contributed by atoms with Crippen LogP contribution >= 0.6 is 0 Å². The van der Waals surface area contributed by atoms with Gasteiger partial charge in [-0.05, 0) is 12.1 Å². The Bertz CT molecular complexity index is 567. The minimum atomic E-state index is -1.10. The lowest BCUT2D eigenvalue weighted by molar-refractivity contribution is -0.109. The number of hydrogen-bond donors (Lipinski definition) is 2. The van der Waals surface area contributed by atoms with Crippen molar-refractivity contribution in [3.8, 4) is 11.5 Å². The van der Waals surface area contributed by atoms with Crippen LogP contribution in [-0.2, 0) is 10.4 Å². The van der Waals surface area contributed by atoms with Crippen molar-refractivity contribution < 1.29 is 14.3 Å². The van der Waals surface area contributed by atoms with E-state index in [2.05, 4.69) is 15.3 Å². The predicted molar refractivity (Wildman–Crippen MR) is 66.1 cm³/mol. The van der Waals surface area contributed by atoms with Crippen LogP contribution in [0.4, 0.5) is 0 Å². The molecule has 1 aliphatic heterocycles. The Kier molecular flexibility index (Phi) is 2.88. The number of carbonyl (C=O) groups excluding carboxylic acids is 1. The van der Waals surface area contributed by atoms with Crippen LogP contribution in [0, 0.1) is 0 Å². The second-order valence-corrected chi connectivity index (χ2v) is 4.63. The summed E-state index contributed by atoms with van der Waals surface area (Å²) in [6, 6.07) is 3.20. The summed E-state index contributed by atoms with van der Waals surface area (Å²) in [5.41, 5.74) is 0.190. The number of aromatic nitrogens is 2. The van der Waals surface area contributed by atoms with E-state index in [0.29, 0.717) is 24.6 Å². The number of aliphatic hydroxyl groups is 1. The lowest BCUT2D eigenvalue weighted by Crippen LogP contribution is -2.29. The third-order valence-corrected chi connectivity index (χ3v) is 3.30. The molecule has 0 aromatic carbocycles. The van der Waals surface area contributed by atoms with Gasteiger partial charge in [-0.1, -0.05) is 0 Å². The van der Waals surface area contributed by atoms with Gasteiger partial charge < -0.3 is 19.6 Å². The van der Waals surface area contributed by atoms with Gasteiger partial charge in [-0.15, -0.1) is 0 Å². The fraction of sp³-hybridized carbons (Fsp3) is 0.308. The second-order valence-electron chi connectivity index (χ2n) is 4.63. The van der Waals surface area contributed by atoms with Crippen LogP contribution in [0.3, 0.4) is 0 Å². The maximum absolute atomic E-state index is 10.7. The van der Waals surface area contributed by atoms with E-state index in [-0.39, 0.29) is 6.04 Å². The van der Waals surface area contributed by atoms with Crippen LogP contribution in [-0.4, -0.2) is 33.9 Å². The van der Waals surface area contributed by atoms with Crippen LogP contribution in [0.15, 0.2) is 35.2 Å². The molecule has 1 saturated heterocycles. The third kappa shape index (κ3) is 2.16. The van der Waals surface area contributed by atoms with E-state index in [4.69, 9.17) is 4.42 Å². The summed E-state index contributed by atoms with van der Waals surface area (Å²) < 4.78 is 5.17. The van der Waals surface area contributed by atoms with Gasteiger partial charge in [0.2, 0.25) is 5.89 Å². The molecule has 0 spiro atoms. The van der Waals surface area contributed by atoms with Crippen molar-refractivity contribution in [2.24, 2.45) is 0 Å². The Hall–Kier alpha value is -2.05. The summed E-state index contributed by atoms with van der Waals surface area (Å²) in [4.78, 5) is 19.0. The van der Waals surface area contributed by atoms with Crippen LogP contribution < -0.4 is 5.32 Å². The molecule has 0 saturated carbocycles. The highest BCUT2D eigenvalue weighted by molar-refractivity contribution is 5.59. The zero-order chi connectivity index (χ0) is 13.3. The highest BCUT2D eigenvalue weighted by Gasteiger charge is 2.39. The van der Waals surface area contributed by atoms with Crippen molar-refractivity contribution in [1.29, 1.82) is 0 Å². The largest absolute Gasteiger partial charge is 0.444 e. The SMILES string of the molecule is O=C[C@@H]1C[C@@](O)(c2ccc(-c3ncco3)cn2)CN1. The first-order valence-corrected chi connectivity index (χ1v) is 5.99. The number of hydrogen-bond acceptors (Lipinski definition) is 6. The van der Waals surface area contributed by atoms with Crippen molar-refractivity contribution in [3.05, 3.63) is 36.5 Å². The molecule has 1 aliphatic rings. The van der Waals surface area contributed by atoms with Gasteiger partial charge in [0.25, 0.3) is 0 Å². The lowest BCUT2D eigenvalue weighted by Gasteiger charge is -2.20. The van der Waals surface area contributed by atoms with Gasteiger partial charge in [0.15, 0.2) is 0 Å². The zero-order valence-electron chi connectivity index (χ0n) is 10.1. The fourth-order valence-corrected chi connectivity index (χ4v) is 2.26. The minimum absolute atomic E-state index is 0.321. The van der Waals surface area contributed by atoms with E-state index in [0.717, 1.165) is 11.8 Å². The van der Waals surface area contributed by atoms with Crippen molar-refractivity contribution in [2.75, 3.05) is 6.54 Å². The first-order chi connectivity index (χ1) is 9.21. The molecule has 0 radical (unpaired) electrons. The molecule has 2 aromatic rings. The van der Waals surface area contributed by atoms with Gasteiger partial charge in [-0.2, -0.15) is 0 Å². The summed E-state index contributed by atoms with van der Waals surface area (Å²) in [6.45, 7) is 0.321. The number of aldehydes is 1. The van der Waals surface area contributed by atoms with Crippen LogP contribution in [0.25, 0.3) is 11.5 Å². The molecule has 1 fully saturated rings. The highest BCUT2D eigenvalue weighted by atomic mass is 16.3. The van der Waals surface area contributed by atoms with Crippen molar-refractivity contribution in [3.63, 3.8) is 0 Å². The van der Waals surface area contributed by atoms with Gasteiger partial charge in [-0.3, -0.25) is 4.98 Å². The molecule has 98 valence electrons. The van der Waals surface area contributed by atoms with Crippen molar-refractivity contribution in [1.82, 2.24) is 15.3 Å². The molecule has 2 atom stereocenters. The number of rotatable bonds is 3. The van der Waals surface area contributed by atoms with E-state index >= 15 is 0 Å². The molecule has 6 nitrogen and oxygen atoms in total. The standard InChI is InChI=1S/C13H13N3O3/c17-7-10-5-13(18,8-16-10)11-2-1-9(6-15-11)12-14-3-4-19-12/h1-4,6-7,10,16,18H,5,8H2/t10-,13-/m0/s1. The van der Waals surface area contributed by atoms with Crippen LogP contribution in [0.1, 0.15) is 12.1 Å². The quantitative estimate of drug-likeness (QED) is 0.780. The number of carbonyl (C=O) groups is 1. The molecule has 0 unspecified atom stereocenters. The fourth-order valence-electron chi connectivity index (χ4n) is 2.26. The molecule has 0 aliphatic carbocycles. The first-order valence-electron chi connectivity index (χ1n) is 5.99. The average molecular weight is 259 g/mol. The van der Waals surface area contributed by atoms with E-state index in [1.54, 1.807) is 24.5 Å². The molecule has 3 rings (SSSR count). The van der Waals surface area contributed by atoms with E-state index in [1.165, 1.54) is 6.26 Å². The highest BCUT2D eigenvalue weighted by Crippen LogP contribution is 2.29. The van der Waals surface area contributed by atoms with Crippen molar-refractivity contribution in [2.45, 2.75) is 18.1 Å². The molecule has 2 aromatic heterocycles. The number of oxazole rings is 1. The average Bonchev–Trinajstić information content (AvgIpc) is 3.09. The Morgan fingerprint density at radius 2 is 2.37 bits per heavy atom. The number of nitrogens with one attached hydrogen (secondary N) is 1. The minimum Gasteiger partial charge on any atom is -0.444 e. The molecule has 0 bridgehead atoms. The Morgan fingerprint density at radius 1 is 1.47 bits per heavy atom. The monoisotopic (exact) mass is 259 g/mol. The van der Waals surface area contributed by atoms with E-state index in [1.807, 2.05) is 0 Å². The number of β-amino-alcohol motifs (C(OH)–C–C–N with tert-alkyl or cyclic N) is 1. The summed E-state index contributed by atoms with van der Waals surface area (Å²) in [5.74, 6) is 0.487. The van der Waals surface area contributed by atoms with Gasteiger partial charge in [0.1, 0.15) is 18.2 Å². The summed E-state index contributed by atoms with van der Waals surface area (Å²) in [7, 11) is 0. The van der Waals surface area contributed by atoms with Gasteiger partial charge in [0.05, 0.1) is 23.5 Å². The normalized spacial score (nSPS) is 26.5. The molecular weight excluding hydrogens is 246 g/mol. The molecule has 0 amide bonds. The molecule has 6 heteroatoms. The number of nitrogens with zero attached hydrogens (tertiary/aromatic N) is 2. The smallest absolute Gasteiger partial charge is 0.227 e. The molecular formula is C13H13N3O3. The first kappa shape index (κ1) is 12.0. The number of pyridine rings is 1. The molecule has 2 N–H and O–H groups in total. The van der Waals surface area contributed by atoms with Gasteiger partial charge in [-0.25, -0.2) is 4.98 Å². The zero-order valence-corrected chi connectivity index (χ0v) is 10.1. The molecule has 19 heavy (non-hydrogen) atoms. The van der Waals surface area contributed by atoms with Crippen LogP contribution in [0.2, 0.25) is 0 Å². The second kappa shape index (κ2) is 4.56. The van der Waals surface area contributed by atoms with Gasteiger partial charge in [0, 0.05) is 19.2 Å². The lowest BCUT2D eigenvalue weighted by atomic mass is 9.95. The van der Waals surface area contributed by atoms with Crippen LogP contribution in [0.5, 0.6) is 0 Å².